The molecule has 1 unspecified atom stereocenters. The molecule has 11 heteroatoms. The number of halogens is 3. The number of aliphatic imine (C=N–C) groups is 1. The van der Waals surface area contributed by atoms with Crippen LogP contribution in [0.5, 0.6) is 5.75 Å². The molecule has 4 aromatic rings. The zero-order valence-corrected chi connectivity index (χ0v) is 25.4. The summed E-state index contributed by atoms with van der Waals surface area (Å²) in [5, 5.41) is 5.25. The first-order valence-electron chi connectivity index (χ1n) is 14.7. The molecule has 0 spiro atoms. The summed E-state index contributed by atoms with van der Waals surface area (Å²) in [4.78, 5) is 24.0. The molecule has 1 fully saturated rings. The number of para-hydroxylation sites is 1. The zero-order valence-electron chi connectivity index (χ0n) is 24.6. The minimum atomic E-state index is -4.74. The zero-order chi connectivity index (χ0) is 31.1. The van der Waals surface area contributed by atoms with Gasteiger partial charge in [-0.05, 0) is 80.5 Å². The molecule has 0 N–H and O–H groups in total. The van der Waals surface area contributed by atoms with E-state index >= 15 is 0 Å². The van der Waals surface area contributed by atoms with Gasteiger partial charge in [-0.25, -0.2) is 9.67 Å². The lowest BCUT2D eigenvalue weighted by molar-refractivity contribution is -0.274. The normalized spacial score (nSPS) is 16.3. The van der Waals surface area contributed by atoms with Gasteiger partial charge in [-0.2, -0.15) is 4.99 Å². The maximum absolute atomic E-state index is 12.8. The molecule has 7 nitrogen and oxygen atoms in total. The van der Waals surface area contributed by atoms with E-state index in [2.05, 4.69) is 56.8 Å². The number of ether oxygens (including phenoxy) is 1. The molecule has 2 heterocycles. The van der Waals surface area contributed by atoms with E-state index in [4.69, 9.17) is 0 Å². The van der Waals surface area contributed by atoms with Crippen LogP contribution in [0.25, 0.3) is 17.1 Å². The number of carbonyl (C=O) groups excluding carboxylic acids is 1. The number of benzene rings is 3. The van der Waals surface area contributed by atoms with Crippen LogP contribution >= 0.6 is 11.8 Å². The highest BCUT2D eigenvalue weighted by Gasteiger charge is 2.31. The maximum Gasteiger partial charge on any atom is 0.573 e. The van der Waals surface area contributed by atoms with Gasteiger partial charge in [-0.15, -0.1) is 18.3 Å². The molecule has 0 bridgehead atoms. The van der Waals surface area contributed by atoms with E-state index in [1.54, 1.807) is 11.8 Å². The van der Waals surface area contributed by atoms with E-state index in [9.17, 15) is 18.0 Å². The van der Waals surface area contributed by atoms with Gasteiger partial charge < -0.3 is 9.64 Å². The lowest BCUT2D eigenvalue weighted by atomic mass is 10.0. The molecule has 44 heavy (non-hydrogen) atoms. The van der Waals surface area contributed by atoms with Gasteiger partial charge >= 0.3 is 6.36 Å². The first kappa shape index (κ1) is 31.3. The first-order chi connectivity index (χ1) is 21.2. The Morgan fingerprint density at radius 1 is 1.05 bits per heavy atom. The largest absolute Gasteiger partial charge is 0.573 e. The molecule has 5 rings (SSSR count). The van der Waals surface area contributed by atoms with Crippen LogP contribution < -0.4 is 9.64 Å². The third-order valence-electron chi connectivity index (χ3n) is 7.41. The van der Waals surface area contributed by atoms with E-state index in [-0.39, 0.29) is 17.7 Å². The predicted octanol–water partition coefficient (Wildman–Crippen LogP) is 8.02. The summed E-state index contributed by atoms with van der Waals surface area (Å²) in [5.74, 6) is 1.08. The van der Waals surface area contributed by atoms with Crippen molar-refractivity contribution in [2.75, 3.05) is 10.7 Å². The molecule has 3 aromatic carbocycles. The maximum atomic E-state index is 12.8. The van der Waals surface area contributed by atoms with Crippen molar-refractivity contribution in [1.82, 2.24) is 14.8 Å². The first-order valence-corrected chi connectivity index (χ1v) is 15.7. The number of amides is 1. The minimum Gasteiger partial charge on any atom is -0.406 e. The molecule has 0 radical (unpaired) electrons. The number of carbonyl (C=O) groups is 1. The standard InChI is InChI=1S/C33H34F3N5O2S/c1-3-25-9-5-6-10-29(25)41-23(2)20-21-44-32(41)38-30(42)11-7-4-8-24-12-14-26(15-13-24)31-37-22-40(39-31)27-16-18-28(19-17-27)43-33(34,35)36/h5-6,9-10,12-19,22-23H,3-4,7-8,11,20-21H2,1-2H3. The van der Waals surface area contributed by atoms with Gasteiger partial charge in [-0.3, -0.25) is 4.79 Å². The Bertz CT molecular complexity index is 1590. The number of hydrogen-bond donors (Lipinski definition) is 0. The second-order valence-corrected chi connectivity index (χ2v) is 11.6. The second kappa shape index (κ2) is 14.1. The quantitative estimate of drug-likeness (QED) is 0.167. The average molecular weight is 622 g/mol. The van der Waals surface area contributed by atoms with Crippen LogP contribution in [0.15, 0.2) is 84.1 Å². The summed E-state index contributed by atoms with van der Waals surface area (Å²) in [6, 6.07) is 22.0. The topological polar surface area (TPSA) is 72.6 Å². The number of rotatable bonds is 10. The number of aromatic nitrogens is 3. The molecule has 230 valence electrons. The Labute approximate surface area is 259 Å². The fourth-order valence-electron chi connectivity index (χ4n) is 5.09. The third kappa shape index (κ3) is 8.07. The van der Waals surface area contributed by atoms with Crippen LogP contribution in [0.1, 0.15) is 50.7 Å². The number of anilines is 1. The third-order valence-corrected chi connectivity index (χ3v) is 8.40. The van der Waals surface area contributed by atoms with Gasteiger partial charge in [0.25, 0.3) is 0 Å². The Morgan fingerprint density at radius 2 is 1.80 bits per heavy atom. The molecule has 1 amide bonds. The lowest BCUT2D eigenvalue weighted by Crippen LogP contribution is -2.42. The number of thioether (sulfide) groups is 1. The molecule has 1 atom stereocenters. The summed E-state index contributed by atoms with van der Waals surface area (Å²) in [7, 11) is 0. The van der Waals surface area contributed by atoms with Crippen molar-refractivity contribution >= 4 is 28.5 Å². The van der Waals surface area contributed by atoms with Crippen molar-refractivity contribution in [2.45, 2.75) is 64.8 Å². The smallest absolute Gasteiger partial charge is 0.406 e. The molecule has 1 aromatic heterocycles. The number of unbranched alkanes of at least 4 members (excludes halogenated alkanes) is 1. The van der Waals surface area contributed by atoms with E-state index in [1.807, 2.05) is 30.3 Å². The van der Waals surface area contributed by atoms with Gasteiger partial charge in [0.05, 0.1) is 5.69 Å². The van der Waals surface area contributed by atoms with E-state index < -0.39 is 6.36 Å². The van der Waals surface area contributed by atoms with Crippen molar-refractivity contribution < 1.29 is 22.7 Å². The number of hydrogen-bond acceptors (Lipinski definition) is 5. The van der Waals surface area contributed by atoms with Crippen molar-refractivity contribution in [2.24, 2.45) is 4.99 Å². The van der Waals surface area contributed by atoms with Crippen LogP contribution in [0.2, 0.25) is 0 Å². The SMILES string of the molecule is CCc1ccccc1N1C(=NC(=O)CCCCc2ccc(-c3ncn(-c4ccc(OC(F)(F)F)cc4)n3)cc2)SCCC1C. The van der Waals surface area contributed by atoms with Crippen molar-refractivity contribution in [3.63, 3.8) is 0 Å². The number of amidine groups is 1. The van der Waals surface area contributed by atoms with Crippen LogP contribution in [-0.4, -0.2) is 44.0 Å². The predicted molar refractivity (Wildman–Crippen MR) is 168 cm³/mol. The molecule has 0 aliphatic carbocycles. The Morgan fingerprint density at radius 3 is 2.52 bits per heavy atom. The summed E-state index contributed by atoms with van der Waals surface area (Å²) in [6.45, 7) is 4.34. The van der Waals surface area contributed by atoms with E-state index in [0.29, 0.717) is 17.9 Å². The number of alkyl halides is 3. The van der Waals surface area contributed by atoms with Gasteiger partial charge in [0.15, 0.2) is 11.0 Å². The molecular formula is C33H34F3N5O2S. The van der Waals surface area contributed by atoms with Gasteiger partial charge in [0.1, 0.15) is 12.1 Å². The summed E-state index contributed by atoms with van der Waals surface area (Å²) in [5.41, 5.74) is 4.92. The fourth-order valence-corrected chi connectivity index (χ4v) is 6.31. The fraction of sp³-hybridized carbons (Fsp3) is 0.333. The average Bonchev–Trinajstić information content (AvgIpc) is 3.50. The van der Waals surface area contributed by atoms with Crippen LogP contribution in [0.4, 0.5) is 18.9 Å². The second-order valence-electron chi connectivity index (χ2n) is 10.6. The highest BCUT2D eigenvalue weighted by molar-refractivity contribution is 8.14. The number of nitrogens with zero attached hydrogens (tertiary/aromatic N) is 5. The summed E-state index contributed by atoms with van der Waals surface area (Å²) < 4.78 is 42.6. The van der Waals surface area contributed by atoms with E-state index in [0.717, 1.165) is 59.8 Å². The van der Waals surface area contributed by atoms with E-state index in [1.165, 1.54) is 40.8 Å². The lowest BCUT2D eigenvalue weighted by Gasteiger charge is -2.36. The van der Waals surface area contributed by atoms with Crippen LogP contribution in [-0.2, 0) is 17.6 Å². The van der Waals surface area contributed by atoms with Gasteiger partial charge in [-0.1, -0.05) is 61.2 Å². The van der Waals surface area contributed by atoms with Gasteiger partial charge in [0.2, 0.25) is 5.91 Å². The minimum absolute atomic E-state index is 0.0832. The van der Waals surface area contributed by atoms with Crippen LogP contribution in [0.3, 0.4) is 0 Å². The highest BCUT2D eigenvalue weighted by atomic mass is 32.2. The highest BCUT2D eigenvalue weighted by Crippen LogP contribution is 2.32. The van der Waals surface area contributed by atoms with Crippen molar-refractivity contribution in [3.05, 3.63) is 90.3 Å². The number of aryl methyl sites for hydroxylation is 2. The van der Waals surface area contributed by atoms with Crippen LogP contribution in [0, 0.1) is 0 Å². The molecular weight excluding hydrogens is 587 g/mol. The molecule has 1 aliphatic heterocycles. The summed E-state index contributed by atoms with van der Waals surface area (Å²) in [6.07, 6.45) is 1.60. The van der Waals surface area contributed by atoms with Crippen molar-refractivity contribution in [3.8, 4) is 22.8 Å². The monoisotopic (exact) mass is 621 g/mol. The summed E-state index contributed by atoms with van der Waals surface area (Å²) >= 11 is 1.66. The Kier molecular flexibility index (Phi) is 10.0. The molecule has 1 saturated heterocycles. The molecule has 0 saturated carbocycles. The van der Waals surface area contributed by atoms with Crippen molar-refractivity contribution in [1.29, 1.82) is 0 Å². The Balaban J connectivity index is 1.12. The van der Waals surface area contributed by atoms with Gasteiger partial charge in [0, 0.05) is 29.5 Å². The molecule has 1 aliphatic rings. The Hall–Kier alpha value is -4.12.